The van der Waals surface area contributed by atoms with E-state index in [4.69, 9.17) is 5.11 Å². The molecule has 6 heteroatoms. The molecule has 0 fully saturated rings. The standard InChI is InChI=1S/C10H9F2NO3/c11-10(12,6-14)9(16)4-8(15)7-2-1-3-13-5-7/h1-5,14-15H,6H2/b8-4-. The van der Waals surface area contributed by atoms with Crippen molar-refractivity contribution in [2.45, 2.75) is 5.92 Å². The average Bonchev–Trinajstić information content (AvgIpc) is 2.30. The molecule has 0 amide bonds. The van der Waals surface area contributed by atoms with Gasteiger partial charge in [0.1, 0.15) is 12.4 Å². The number of alkyl halides is 2. The summed E-state index contributed by atoms with van der Waals surface area (Å²) in [4.78, 5) is 14.6. The van der Waals surface area contributed by atoms with Crippen LogP contribution in [0.15, 0.2) is 30.6 Å². The second kappa shape index (κ2) is 4.80. The zero-order valence-electron chi connectivity index (χ0n) is 8.10. The molecule has 86 valence electrons. The Morgan fingerprint density at radius 2 is 2.25 bits per heavy atom. The van der Waals surface area contributed by atoms with Crippen LogP contribution < -0.4 is 0 Å². The molecule has 0 aliphatic carbocycles. The number of aliphatic hydroxyl groups excluding tert-OH is 2. The molecule has 0 radical (unpaired) electrons. The second-order valence-electron chi connectivity index (χ2n) is 3.00. The van der Waals surface area contributed by atoms with Crippen LogP contribution in [0.3, 0.4) is 0 Å². The van der Waals surface area contributed by atoms with Crippen molar-refractivity contribution in [2.24, 2.45) is 0 Å². The molecule has 1 aromatic heterocycles. The van der Waals surface area contributed by atoms with E-state index in [1.807, 2.05) is 0 Å². The van der Waals surface area contributed by atoms with Gasteiger partial charge in [-0.3, -0.25) is 9.78 Å². The SMILES string of the molecule is O=C(/C=C(\O)c1cccnc1)C(F)(F)CO. The van der Waals surface area contributed by atoms with Gasteiger partial charge < -0.3 is 10.2 Å². The maximum atomic E-state index is 12.7. The van der Waals surface area contributed by atoms with Gasteiger partial charge in [0.2, 0.25) is 5.78 Å². The van der Waals surface area contributed by atoms with Gasteiger partial charge in [-0.15, -0.1) is 0 Å². The lowest BCUT2D eigenvalue weighted by Crippen LogP contribution is -2.31. The fourth-order valence-electron chi connectivity index (χ4n) is 0.905. The number of carbonyl (C=O) groups excluding carboxylic acids is 1. The summed E-state index contributed by atoms with van der Waals surface area (Å²) >= 11 is 0. The van der Waals surface area contributed by atoms with Crippen LogP contribution >= 0.6 is 0 Å². The van der Waals surface area contributed by atoms with E-state index < -0.39 is 24.1 Å². The Hall–Kier alpha value is -1.82. The number of aromatic nitrogens is 1. The third-order valence-corrected chi connectivity index (χ3v) is 1.78. The highest BCUT2D eigenvalue weighted by Gasteiger charge is 2.36. The molecule has 0 bridgehead atoms. The molecule has 0 aliphatic heterocycles. The number of allylic oxidation sites excluding steroid dienone is 1. The molecule has 1 aromatic rings. The lowest BCUT2D eigenvalue weighted by atomic mass is 10.1. The maximum absolute atomic E-state index is 12.7. The summed E-state index contributed by atoms with van der Waals surface area (Å²) in [6, 6.07) is 2.89. The number of ketones is 1. The van der Waals surface area contributed by atoms with Crippen molar-refractivity contribution in [2.75, 3.05) is 6.61 Å². The molecule has 0 saturated carbocycles. The summed E-state index contributed by atoms with van der Waals surface area (Å²) in [5.41, 5.74) is 0.143. The van der Waals surface area contributed by atoms with E-state index >= 15 is 0 Å². The molecule has 0 atom stereocenters. The predicted octanol–water partition coefficient (Wildman–Crippen LogP) is 1.18. The number of aliphatic hydroxyl groups is 2. The lowest BCUT2D eigenvalue weighted by molar-refractivity contribution is -0.142. The Morgan fingerprint density at radius 1 is 1.56 bits per heavy atom. The minimum absolute atomic E-state index is 0.143. The van der Waals surface area contributed by atoms with Gasteiger partial charge in [0, 0.05) is 24.0 Å². The first-order valence-corrected chi connectivity index (χ1v) is 4.31. The Bertz CT molecular complexity index is 404. The molecule has 0 saturated heterocycles. The smallest absolute Gasteiger partial charge is 0.331 e. The third-order valence-electron chi connectivity index (χ3n) is 1.78. The van der Waals surface area contributed by atoms with Gasteiger partial charge in [-0.1, -0.05) is 0 Å². The number of rotatable bonds is 4. The third kappa shape index (κ3) is 2.83. The van der Waals surface area contributed by atoms with Crippen LogP contribution in [0.5, 0.6) is 0 Å². The summed E-state index contributed by atoms with van der Waals surface area (Å²) in [6.07, 6.45) is 3.02. The Labute approximate surface area is 89.9 Å². The van der Waals surface area contributed by atoms with Crippen molar-refractivity contribution in [3.8, 4) is 0 Å². The minimum atomic E-state index is -3.88. The van der Waals surface area contributed by atoms with Crippen molar-refractivity contribution in [3.63, 3.8) is 0 Å². The van der Waals surface area contributed by atoms with Gasteiger partial charge in [-0.05, 0) is 12.1 Å². The van der Waals surface area contributed by atoms with E-state index in [1.165, 1.54) is 24.5 Å². The summed E-state index contributed by atoms with van der Waals surface area (Å²) in [5.74, 6) is -6.15. The lowest BCUT2D eigenvalue weighted by Gasteiger charge is -2.08. The first-order valence-electron chi connectivity index (χ1n) is 4.31. The van der Waals surface area contributed by atoms with Gasteiger partial charge >= 0.3 is 5.92 Å². The van der Waals surface area contributed by atoms with Crippen molar-refractivity contribution in [1.82, 2.24) is 4.98 Å². The molecule has 4 nitrogen and oxygen atoms in total. The van der Waals surface area contributed by atoms with Crippen molar-refractivity contribution in [1.29, 1.82) is 0 Å². The maximum Gasteiger partial charge on any atom is 0.331 e. The molecular weight excluding hydrogens is 220 g/mol. The normalized spacial score (nSPS) is 12.6. The molecular formula is C10H9F2NO3. The number of hydrogen-bond acceptors (Lipinski definition) is 4. The van der Waals surface area contributed by atoms with Crippen molar-refractivity contribution in [3.05, 3.63) is 36.2 Å². The monoisotopic (exact) mass is 229 g/mol. The van der Waals surface area contributed by atoms with E-state index in [-0.39, 0.29) is 5.56 Å². The van der Waals surface area contributed by atoms with Crippen LogP contribution in [0.25, 0.3) is 5.76 Å². The van der Waals surface area contributed by atoms with Gasteiger partial charge in [-0.25, -0.2) is 0 Å². The minimum Gasteiger partial charge on any atom is -0.507 e. The quantitative estimate of drug-likeness (QED) is 0.600. The predicted molar refractivity (Wildman–Crippen MR) is 51.9 cm³/mol. The topological polar surface area (TPSA) is 70.4 Å². The summed E-state index contributed by atoms with van der Waals surface area (Å²) < 4.78 is 25.3. The fraction of sp³-hybridized carbons (Fsp3) is 0.200. The zero-order chi connectivity index (χ0) is 12.2. The molecule has 16 heavy (non-hydrogen) atoms. The Morgan fingerprint density at radius 3 is 2.75 bits per heavy atom. The Kier molecular flexibility index (Phi) is 3.68. The van der Waals surface area contributed by atoms with Crippen LogP contribution in [-0.2, 0) is 4.79 Å². The summed E-state index contributed by atoms with van der Waals surface area (Å²) in [5, 5.41) is 17.6. The van der Waals surface area contributed by atoms with Gasteiger partial charge in [0.15, 0.2) is 0 Å². The second-order valence-corrected chi connectivity index (χ2v) is 3.00. The van der Waals surface area contributed by atoms with Crippen molar-refractivity contribution >= 4 is 11.5 Å². The van der Waals surface area contributed by atoms with E-state index in [0.717, 1.165) is 0 Å². The van der Waals surface area contributed by atoms with Crippen LogP contribution in [-0.4, -0.2) is 33.5 Å². The molecule has 1 heterocycles. The molecule has 1 rings (SSSR count). The largest absolute Gasteiger partial charge is 0.507 e. The number of nitrogens with zero attached hydrogens (tertiary/aromatic N) is 1. The molecule has 0 unspecified atom stereocenters. The number of halogens is 2. The van der Waals surface area contributed by atoms with E-state index in [9.17, 15) is 18.7 Å². The van der Waals surface area contributed by atoms with Crippen LogP contribution in [0.1, 0.15) is 5.56 Å². The van der Waals surface area contributed by atoms with E-state index in [1.54, 1.807) is 0 Å². The van der Waals surface area contributed by atoms with Crippen molar-refractivity contribution < 1.29 is 23.8 Å². The molecule has 0 aliphatic rings. The number of carbonyl (C=O) groups is 1. The Balaban J connectivity index is 2.90. The highest BCUT2D eigenvalue weighted by molar-refractivity contribution is 6.00. The van der Waals surface area contributed by atoms with Gasteiger partial charge in [0.25, 0.3) is 0 Å². The summed E-state index contributed by atoms with van der Waals surface area (Å²) in [7, 11) is 0. The van der Waals surface area contributed by atoms with E-state index in [2.05, 4.69) is 4.98 Å². The number of pyridine rings is 1. The number of hydrogen-bond donors (Lipinski definition) is 2. The highest BCUT2D eigenvalue weighted by Crippen LogP contribution is 2.17. The fourth-order valence-corrected chi connectivity index (χ4v) is 0.905. The average molecular weight is 229 g/mol. The molecule has 2 N–H and O–H groups in total. The van der Waals surface area contributed by atoms with Crippen LogP contribution in [0, 0.1) is 0 Å². The van der Waals surface area contributed by atoms with Gasteiger partial charge in [0.05, 0.1) is 0 Å². The van der Waals surface area contributed by atoms with Crippen LogP contribution in [0.4, 0.5) is 8.78 Å². The van der Waals surface area contributed by atoms with E-state index in [0.29, 0.717) is 6.08 Å². The summed E-state index contributed by atoms with van der Waals surface area (Å²) in [6.45, 7) is -1.59. The van der Waals surface area contributed by atoms with Crippen LogP contribution in [0.2, 0.25) is 0 Å². The zero-order valence-corrected chi connectivity index (χ0v) is 8.10. The highest BCUT2D eigenvalue weighted by atomic mass is 19.3. The first-order chi connectivity index (χ1) is 7.47. The molecule has 0 aromatic carbocycles. The van der Waals surface area contributed by atoms with Gasteiger partial charge in [-0.2, -0.15) is 8.78 Å². The first kappa shape index (κ1) is 12.3. The molecule has 0 spiro atoms.